The number of nitrogens with zero attached hydrogens (tertiary/aromatic N) is 2. The van der Waals surface area contributed by atoms with E-state index in [1.165, 1.54) is 0 Å². The topological polar surface area (TPSA) is 54.8 Å². The van der Waals surface area contributed by atoms with Gasteiger partial charge in [-0.3, -0.25) is 9.88 Å². The molecule has 1 aromatic rings. The van der Waals surface area contributed by atoms with Crippen molar-refractivity contribution in [2.45, 2.75) is 25.0 Å². The fourth-order valence-electron chi connectivity index (χ4n) is 2.91. The molecule has 0 aliphatic carbocycles. The molecule has 2 fully saturated rings. The van der Waals surface area contributed by atoms with Gasteiger partial charge in [-0.15, -0.1) is 0 Å². The summed E-state index contributed by atoms with van der Waals surface area (Å²) in [5, 5.41) is 9.95. The summed E-state index contributed by atoms with van der Waals surface area (Å²) in [5.41, 5.74) is 0.545. The van der Waals surface area contributed by atoms with Crippen molar-refractivity contribution in [3.05, 3.63) is 22.4 Å². The van der Waals surface area contributed by atoms with Crippen LogP contribution >= 0.6 is 15.9 Å². The first-order chi connectivity index (χ1) is 9.67. The largest absolute Gasteiger partial charge is 0.506 e. The molecule has 0 radical (unpaired) electrons. The fourth-order valence-corrected chi connectivity index (χ4v) is 3.23. The van der Waals surface area contributed by atoms with E-state index in [-0.39, 0.29) is 11.4 Å². The van der Waals surface area contributed by atoms with E-state index in [2.05, 4.69) is 25.8 Å². The van der Waals surface area contributed by atoms with Gasteiger partial charge in [-0.2, -0.15) is 0 Å². The molecule has 3 rings (SSSR count). The van der Waals surface area contributed by atoms with E-state index in [0.717, 1.165) is 37.0 Å². The summed E-state index contributed by atoms with van der Waals surface area (Å²) in [7, 11) is 0. The zero-order valence-electron chi connectivity index (χ0n) is 11.3. The summed E-state index contributed by atoms with van der Waals surface area (Å²) in [6.45, 7) is 4.55. The summed E-state index contributed by atoms with van der Waals surface area (Å²) in [4.78, 5) is 6.58. The van der Waals surface area contributed by atoms with Crippen molar-refractivity contribution in [1.82, 2.24) is 9.88 Å². The molecule has 1 unspecified atom stereocenters. The number of aromatic nitrogens is 1. The Morgan fingerprint density at radius 3 is 3.10 bits per heavy atom. The van der Waals surface area contributed by atoms with Crippen molar-refractivity contribution in [2.75, 3.05) is 32.9 Å². The zero-order chi connectivity index (χ0) is 14.0. The third-order valence-corrected chi connectivity index (χ3v) is 4.33. The Labute approximate surface area is 127 Å². The van der Waals surface area contributed by atoms with Gasteiger partial charge >= 0.3 is 0 Å². The molecule has 2 aliphatic heterocycles. The van der Waals surface area contributed by atoms with Gasteiger partial charge in [-0.05, 0) is 34.8 Å². The van der Waals surface area contributed by atoms with Gasteiger partial charge in [0, 0.05) is 36.9 Å². The van der Waals surface area contributed by atoms with Gasteiger partial charge in [-0.1, -0.05) is 0 Å². The second-order valence-corrected chi connectivity index (χ2v) is 6.43. The number of hydrogen-bond acceptors (Lipinski definition) is 5. The number of rotatable bonds is 2. The third-order valence-electron chi connectivity index (χ3n) is 3.90. The standard InChI is InChI=1S/C14H19BrN2O3/c15-11-6-13(18)12(16-7-11)8-17-3-5-20-14(9-17)2-1-4-19-10-14/h6-7,18H,1-5,8-10H2. The normalized spacial score (nSPS) is 27.9. The zero-order valence-corrected chi connectivity index (χ0v) is 12.9. The van der Waals surface area contributed by atoms with Crippen LogP contribution in [0.5, 0.6) is 5.75 Å². The lowest BCUT2D eigenvalue weighted by atomic mass is 9.94. The van der Waals surface area contributed by atoms with Crippen molar-refractivity contribution in [2.24, 2.45) is 0 Å². The second-order valence-electron chi connectivity index (χ2n) is 5.52. The molecule has 2 aliphatic rings. The maximum Gasteiger partial charge on any atom is 0.139 e. The van der Waals surface area contributed by atoms with E-state index in [9.17, 15) is 5.11 Å². The SMILES string of the molecule is Oc1cc(Br)cnc1CN1CCOC2(CCCOC2)C1. The Balaban J connectivity index is 1.68. The van der Waals surface area contributed by atoms with Crippen LogP contribution in [0.25, 0.3) is 0 Å². The summed E-state index contributed by atoms with van der Waals surface area (Å²) in [6, 6.07) is 1.68. The minimum absolute atomic E-state index is 0.165. The second kappa shape index (κ2) is 5.97. The van der Waals surface area contributed by atoms with Crippen LogP contribution in [0.15, 0.2) is 16.7 Å². The van der Waals surface area contributed by atoms with Crippen LogP contribution in [0.3, 0.4) is 0 Å². The molecule has 5 nitrogen and oxygen atoms in total. The van der Waals surface area contributed by atoms with Gasteiger partial charge in [0.25, 0.3) is 0 Å². The Morgan fingerprint density at radius 2 is 2.35 bits per heavy atom. The summed E-state index contributed by atoms with van der Waals surface area (Å²) < 4.78 is 12.3. The van der Waals surface area contributed by atoms with Crippen LogP contribution in [0.2, 0.25) is 0 Å². The van der Waals surface area contributed by atoms with Crippen LogP contribution in [0.1, 0.15) is 18.5 Å². The van der Waals surface area contributed by atoms with Crippen LogP contribution in [0.4, 0.5) is 0 Å². The molecule has 0 saturated carbocycles. The highest BCUT2D eigenvalue weighted by Crippen LogP contribution is 2.29. The number of ether oxygens (including phenoxy) is 2. The van der Waals surface area contributed by atoms with Crippen molar-refractivity contribution >= 4 is 15.9 Å². The van der Waals surface area contributed by atoms with Gasteiger partial charge in [0.15, 0.2) is 0 Å². The number of hydrogen-bond donors (Lipinski definition) is 1. The van der Waals surface area contributed by atoms with Gasteiger partial charge in [0.2, 0.25) is 0 Å². The minimum Gasteiger partial charge on any atom is -0.506 e. The quantitative estimate of drug-likeness (QED) is 0.889. The van der Waals surface area contributed by atoms with E-state index in [1.807, 2.05) is 0 Å². The molecule has 3 heterocycles. The average molecular weight is 343 g/mol. The molecule has 0 amide bonds. The van der Waals surface area contributed by atoms with E-state index in [0.29, 0.717) is 25.5 Å². The summed E-state index contributed by atoms with van der Waals surface area (Å²) >= 11 is 3.31. The highest BCUT2D eigenvalue weighted by Gasteiger charge is 2.38. The maximum atomic E-state index is 9.95. The maximum absolute atomic E-state index is 9.95. The monoisotopic (exact) mass is 342 g/mol. The highest BCUT2D eigenvalue weighted by molar-refractivity contribution is 9.10. The number of halogens is 1. The van der Waals surface area contributed by atoms with E-state index in [4.69, 9.17) is 9.47 Å². The molecule has 0 bridgehead atoms. The lowest BCUT2D eigenvalue weighted by Crippen LogP contribution is -2.55. The van der Waals surface area contributed by atoms with Gasteiger partial charge in [0.05, 0.1) is 18.9 Å². The minimum atomic E-state index is -0.165. The molecular formula is C14H19BrN2O3. The first-order valence-electron chi connectivity index (χ1n) is 6.94. The molecule has 6 heteroatoms. The Bertz CT molecular complexity index is 472. The number of aromatic hydroxyl groups is 1. The number of morpholine rings is 1. The van der Waals surface area contributed by atoms with Crippen molar-refractivity contribution in [1.29, 1.82) is 0 Å². The van der Waals surface area contributed by atoms with Crippen LogP contribution in [-0.4, -0.2) is 53.5 Å². The lowest BCUT2D eigenvalue weighted by Gasteiger charge is -2.44. The smallest absolute Gasteiger partial charge is 0.139 e. The first kappa shape index (κ1) is 14.3. The average Bonchev–Trinajstić information content (AvgIpc) is 2.43. The first-order valence-corrected chi connectivity index (χ1v) is 7.74. The summed E-state index contributed by atoms with van der Waals surface area (Å²) in [5.74, 6) is 0.236. The Kier molecular flexibility index (Phi) is 4.26. The van der Waals surface area contributed by atoms with Crippen LogP contribution in [0, 0.1) is 0 Å². The third kappa shape index (κ3) is 3.14. The summed E-state index contributed by atoms with van der Waals surface area (Å²) in [6.07, 6.45) is 3.81. The molecule has 110 valence electrons. The highest BCUT2D eigenvalue weighted by atomic mass is 79.9. The van der Waals surface area contributed by atoms with E-state index < -0.39 is 0 Å². The van der Waals surface area contributed by atoms with Crippen molar-refractivity contribution in [3.8, 4) is 5.75 Å². The predicted octanol–water partition coefficient (Wildman–Crippen LogP) is 1.93. The van der Waals surface area contributed by atoms with E-state index in [1.54, 1.807) is 12.3 Å². The molecule has 1 aromatic heterocycles. The van der Waals surface area contributed by atoms with Gasteiger partial charge in [0.1, 0.15) is 11.4 Å². The molecule has 2 saturated heterocycles. The van der Waals surface area contributed by atoms with E-state index >= 15 is 0 Å². The fraction of sp³-hybridized carbons (Fsp3) is 0.643. The molecule has 0 aromatic carbocycles. The molecular weight excluding hydrogens is 324 g/mol. The van der Waals surface area contributed by atoms with Gasteiger partial charge in [-0.25, -0.2) is 0 Å². The van der Waals surface area contributed by atoms with Crippen LogP contribution in [-0.2, 0) is 16.0 Å². The molecule has 1 N–H and O–H groups in total. The Morgan fingerprint density at radius 1 is 1.45 bits per heavy atom. The van der Waals surface area contributed by atoms with Crippen molar-refractivity contribution < 1.29 is 14.6 Å². The number of pyridine rings is 1. The van der Waals surface area contributed by atoms with Crippen molar-refractivity contribution in [3.63, 3.8) is 0 Å². The van der Waals surface area contributed by atoms with Gasteiger partial charge < -0.3 is 14.6 Å². The predicted molar refractivity (Wildman–Crippen MR) is 77.6 cm³/mol. The Hall–Kier alpha value is -0.690. The molecule has 1 atom stereocenters. The molecule has 20 heavy (non-hydrogen) atoms. The lowest BCUT2D eigenvalue weighted by molar-refractivity contribution is -0.169. The van der Waals surface area contributed by atoms with Crippen LogP contribution < -0.4 is 0 Å². The molecule has 1 spiro atoms.